The second kappa shape index (κ2) is 18.5. The maximum absolute atomic E-state index is 12.4. The van der Waals surface area contributed by atoms with Crippen molar-refractivity contribution in [2.45, 2.75) is 44.7 Å². The van der Waals surface area contributed by atoms with E-state index in [0.717, 1.165) is 18.2 Å². The summed E-state index contributed by atoms with van der Waals surface area (Å²) in [6, 6.07) is 15.2. The number of nitrogens with zero attached hydrogens (tertiary/aromatic N) is 2. The van der Waals surface area contributed by atoms with Crippen molar-refractivity contribution in [2.24, 2.45) is 5.18 Å². The number of carbonyl (C=O) groups is 3. The Morgan fingerprint density at radius 1 is 0.771 bits per heavy atom. The molecule has 3 rings (SSSR count). The highest BCUT2D eigenvalue weighted by molar-refractivity contribution is 5.92. The summed E-state index contributed by atoms with van der Waals surface area (Å²) >= 11 is 0. The molecule has 0 aliphatic heterocycles. The highest BCUT2D eigenvalue weighted by atomic mass is 19.4. The van der Waals surface area contributed by atoms with E-state index >= 15 is 0 Å². The average molecular weight is 673 g/mol. The third-order valence-electron chi connectivity index (χ3n) is 6.44. The Labute approximate surface area is 272 Å². The van der Waals surface area contributed by atoms with E-state index in [2.05, 4.69) is 5.18 Å². The molecule has 0 aliphatic carbocycles. The molecule has 0 fully saturated rings. The Balaban J connectivity index is 1.29. The summed E-state index contributed by atoms with van der Waals surface area (Å²) in [6.45, 7) is 0.136. The lowest BCUT2D eigenvalue weighted by molar-refractivity contribution is -0.384. The number of hydrogen-bond donors (Lipinski definition) is 0. The average Bonchev–Trinajstić information content (AvgIpc) is 3.07. The number of rotatable bonds is 18. The molecule has 0 radical (unpaired) electrons. The fraction of sp³-hybridized carbons (Fsp3) is 0.303. The van der Waals surface area contributed by atoms with Crippen LogP contribution in [-0.2, 0) is 14.3 Å². The SMILES string of the molecule is O=Nc1cc(C(=O)OCCCCCCOC(=O)/C=C/c2ccc(OC(=O)c3ccc(OCCCC(F)(F)F)cc3)cc2)cc([N+](=O)[O-])c1. The summed E-state index contributed by atoms with van der Waals surface area (Å²) in [5, 5.41) is 13.6. The van der Waals surface area contributed by atoms with Crippen LogP contribution in [0.3, 0.4) is 0 Å². The molecule has 3 aromatic rings. The first-order valence-electron chi connectivity index (χ1n) is 14.7. The summed E-state index contributed by atoms with van der Waals surface area (Å²) in [5.41, 5.74) is 0.0323. The number of non-ortho nitro benzene ring substituents is 1. The van der Waals surface area contributed by atoms with Gasteiger partial charge in [0.1, 0.15) is 17.2 Å². The maximum atomic E-state index is 12.4. The van der Waals surface area contributed by atoms with E-state index in [4.69, 9.17) is 18.9 Å². The number of nitro groups is 1. The zero-order valence-corrected chi connectivity index (χ0v) is 25.5. The van der Waals surface area contributed by atoms with Crippen molar-refractivity contribution in [3.63, 3.8) is 0 Å². The van der Waals surface area contributed by atoms with Crippen molar-refractivity contribution in [1.82, 2.24) is 0 Å². The minimum atomic E-state index is -4.24. The Hall–Kier alpha value is -5.60. The Morgan fingerprint density at radius 3 is 2.04 bits per heavy atom. The van der Waals surface area contributed by atoms with E-state index in [0.29, 0.717) is 37.0 Å². The van der Waals surface area contributed by atoms with Crippen LogP contribution in [0.15, 0.2) is 78.0 Å². The number of ether oxygens (including phenoxy) is 4. The first kappa shape index (κ1) is 36.9. The van der Waals surface area contributed by atoms with Crippen LogP contribution in [0.1, 0.15) is 64.8 Å². The predicted molar refractivity (Wildman–Crippen MR) is 166 cm³/mol. The molecule has 0 spiro atoms. The molecule has 254 valence electrons. The Bertz CT molecular complexity index is 1590. The third kappa shape index (κ3) is 13.4. The number of halogens is 3. The molecule has 0 unspecified atom stereocenters. The molecule has 3 aromatic carbocycles. The second-order valence-corrected chi connectivity index (χ2v) is 10.2. The molecular weight excluding hydrogens is 641 g/mol. The molecule has 0 amide bonds. The lowest BCUT2D eigenvalue weighted by Gasteiger charge is -2.09. The van der Waals surface area contributed by atoms with Crippen molar-refractivity contribution in [3.05, 3.63) is 105 Å². The smallest absolute Gasteiger partial charge is 0.389 e. The van der Waals surface area contributed by atoms with Crippen LogP contribution in [0.4, 0.5) is 24.5 Å². The number of nitro benzene ring substituents is 1. The van der Waals surface area contributed by atoms with Gasteiger partial charge in [-0.3, -0.25) is 10.1 Å². The van der Waals surface area contributed by atoms with E-state index in [9.17, 15) is 42.6 Å². The lowest BCUT2D eigenvalue weighted by atomic mass is 10.1. The van der Waals surface area contributed by atoms with E-state index in [1.165, 1.54) is 36.4 Å². The number of unbranched alkanes of at least 4 members (excludes halogenated alkanes) is 3. The largest absolute Gasteiger partial charge is 0.494 e. The monoisotopic (exact) mass is 672 g/mol. The quantitative estimate of drug-likeness (QED) is 0.0247. The fourth-order valence-corrected chi connectivity index (χ4v) is 4.02. The number of benzene rings is 3. The van der Waals surface area contributed by atoms with Gasteiger partial charge in [0.2, 0.25) is 0 Å². The van der Waals surface area contributed by atoms with Gasteiger partial charge in [0.25, 0.3) is 5.69 Å². The van der Waals surface area contributed by atoms with Gasteiger partial charge < -0.3 is 18.9 Å². The van der Waals surface area contributed by atoms with Crippen molar-refractivity contribution >= 4 is 35.4 Å². The second-order valence-electron chi connectivity index (χ2n) is 10.2. The molecule has 0 N–H and O–H groups in total. The van der Waals surface area contributed by atoms with Crippen molar-refractivity contribution in [2.75, 3.05) is 19.8 Å². The summed E-state index contributed by atoms with van der Waals surface area (Å²) in [7, 11) is 0. The van der Waals surface area contributed by atoms with Gasteiger partial charge in [0.15, 0.2) is 0 Å². The minimum Gasteiger partial charge on any atom is -0.494 e. The predicted octanol–water partition coefficient (Wildman–Crippen LogP) is 7.91. The molecule has 15 heteroatoms. The van der Waals surface area contributed by atoms with E-state index in [-0.39, 0.29) is 48.8 Å². The topological polar surface area (TPSA) is 161 Å². The summed E-state index contributed by atoms with van der Waals surface area (Å²) < 4.78 is 57.5. The van der Waals surface area contributed by atoms with Gasteiger partial charge in [0, 0.05) is 24.6 Å². The maximum Gasteiger partial charge on any atom is 0.389 e. The van der Waals surface area contributed by atoms with Crippen LogP contribution in [0.25, 0.3) is 6.08 Å². The third-order valence-corrected chi connectivity index (χ3v) is 6.44. The number of esters is 3. The Morgan fingerprint density at radius 2 is 1.42 bits per heavy atom. The highest BCUT2D eigenvalue weighted by Gasteiger charge is 2.26. The van der Waals surface area contributed by atoms with Crippen molar-refractivity contribution in [3.8, 4) is 11.5 Å². The van der Waals surface area contributed by atoms with Crippen LogP contribution in [0.2, 0.25) is 0 Å². The zero-order chi connectivity index (χ0) is 34.9. The first-order valence-corrected chi connectivity index (χ1v) is 14.7. The summed E-state index contributed by atoms with van der Waals surface area (Å²) in [4.78, 5) is 57.5. The van der Waals surface area contributed by atoms with Gasteiger partial charge in [-0.15, -0.1) is 4.91 Å². The van der Waals surface area contributed by atoms with Gasteiger partial charge in [-0.05, 0) is 91.4 Å². The van der Waals surface area contributed by atoms with Crippen molar-refractivity contribution < 1.29 is 51.4 Å². The van der Waals surface area contributed by atoms with Crippen LogP contribution >= 0.6 is 0 Å². The molecule has 0 atom stereocenters. The standard InChI is InChI=1S/C33H31F3N2O10/c34-33(35,36)16-5-19-45-28-13-9-24(10-14-28)32(41)48-29-11-6-23(7-12-29)8-15-30(39)46-17-3-1-2-4-18-47-31(40)25-20-26(37-42)22-27(21-25)38(43)44/h6-15,20-22H,1-5,16-19H2/b15-8+. The molecule has 48 heavy (non-hydrogen) atoms. The molecular formula is C33H31F3N2O10. The lowest BCUT2D eigenvalue weighted by Crippen LogP contribution is -2.10. The van der Waals surface area contributed by atoms with E-state index in [1.54, 1.807) is 24.3 Å². The van der Waals surface area contributed by atoms with Crippen LogP contribution in [0, 0.1) is 15.0 Å². The summed E-state index contributed by atoms with van der Waals surface area (Å²) in [6.07, 6.45) is -0.120. The molecule has 0 aliphatic rings. The first-order chi connectivity index (χ1) is 22.9. The van der Waals surface area contributed by atoms with Crippen LogP contribution in [0.5, 0.6) is 11.5 Å². The Kier molecular flexibility index (Phi) is 14.2. The summed E-state index contributed by atoms with van der Waals surface area (Å²) in [5.74, 6) is -1.40. The zero-order valence-electron chi connectivity index (χ0n) is 25.5. The molecule has 12 nitrogen and oxygen atoms in total. The number of hydrogen-bond acceptors (Lipinski definition) is 11. The molecule has 0 aromatic heterocycles. The van der Waals surface area contributed by atoms with Crippen LogP contribution < -0.4 is 9.47 Å². The van der Waals surface area contributed by atoms with Gasteiger partial charge in [-0.25, -0.2) is 14.4 Å². The van der Waals surface area contributed by atoms with Gasteiger partial charge in [-0.2, -0.15) is 13.2 Å². The minimum absolute atomic E-state index is 0.0632. The van der Waals surface area contributed by atoms with Crippen LogP contribution in [-0.4, -0.2) is 48.8 Å². The molecule has 0 bridgehead atoms. The van der Waals surface area contributed by atoms with E-state index < -0.39 is 41.1 Å². The van der Waals surface area contributed by atoms with Gasteiger partial charge in [-0.1, -0.05) is 12.1 Å². The highest BCUT2D eigenvalue weighted by Crippen LogP contribution is 2.24. The molecule has 0 heterocycles. The number of nitroso groups, excluding NO2 is 1. The molecule has 0 saturated carbocycles. The van der Waals surface area contributed by atoms with Crippen molar-refractivity contribution in [1.29, 1.82) is 0 Å². The van der Waals surface area contributed by atoms with E-state index in [1.807, 2.05) is 0 Å². The van der Waals surface area contributed by atoms with Gasteiger partial charge in [0.05, 0.1) is 35.9 Å². The van der Waals surface area contributed by atoms with Gasteiger partial charge >= 0.3 is 24.1 Å². The number of alkyl halides is 3. The molecule has 0 saturated heterocycles. The fourth-order valence-electron chi connectivity index (χ4n) is 4.02. The normalized spacial score (nSPS) is 11.1. The number of carbonyl (C=O) groups excluding carboxylic acids is 3.